The first-order chi connectivity index (χ1) is 5.57. The maximum atomic E-state index is 12.9. The van der Waals surface area contributed by atoms with Crippen molar-refractivity contribution in [2.24, 2.45) is 0 Å². The quantitative estimate of drug-likeness (QED) is 0.695. The van der Waals surface area contributed by atoms with Gasteiger partial charge >= 0.3 is 0 Å². The molecule has 0 saturated heterocycles. The van der Waals surface area contributed by atoms with Gasteiger partial charge in [0.2, 0.25) is 0 Å². The van der Waals surface area contributed by atoms with E-state index in [4.69, 9.17) is 16.3 Å². The molecule has 0 aliphatic heterocycles. The molecule has 1 nitrogen and oxygen atoms in total. The Hall–Kier alpha value is -0.280. The highest BCUT2D eigenvalue weighted by molar-refractivity contribution is 9.10. The Balaban J connectivity index is 3.40. The fourth-order valence-corrected chi connectivity index (χ4v) is 1.75. The second kappa shape index (κ2) is 3.62. The SMILES string of the molecule is COc1c(C)cc(F)c(Cl)c1Br. The van der Waals surface area contributed by atoms with Gasteiger partial charge in [0.05, 0.1) is 16.6 Å². The minimum Gasteiger partial charge on any atom is -0.495 e. The third-order valence-electron chi connectivity index (χ3n) is 1.51. The number of methoxy groups -OCH3 is 1. The van der Waals surface area contributed by atoms with E-state index in [1.54, 1.807) is 6.92 Å². The normalized spacial score (nSPS) is 10.1. The number of rotatable bonds is 1. The van der Waals surface area contributed by atoms with E-state index in [-0.39, 0.29) is 5.02 Å². The monoisotopic (exact) mass is 252 g/mol. The van der Waals surface area contributed by atoms with Gasteiger partial charge in [0.25, 0.3) is 0 Å². The van der Waals surface area contributed by atoms with Crippen LogP contribution >= 0.6 is 27.5 Å². The highest BCUT2D eigenvalue weighted by Gasteiger charge is 2.12. The van der Waals surface area contributed by atoms with Crippen molar-refractivity contribution in [2.45, 2.75) is 6.92 Å². The van der Waals surface area contributed by atoms with E-state index < -0.39 is 5.82 Å². The molecule has 1 rings (SSSR count). The molecular weight excluding hydrogens is 246 g/mol. The molecule has 0 aliphatic carbocycles. The van der Waals surface area contributed by atoms with Gasteiger partial charge in [0, 0.05) is 0 Å². The molecule has 0 atom stereocenters. The van der Waals surface area contributed by atoms with Gasteiger partial charge in [-0.05, 0) is 34.5 Å². The summed E-state index contributed by atoms with van der Waals surface area (Å²) < 4.78 is 18.4. The molecule has 0 amide bonds. The molecule has 0 aliphatic rings. The van der Waals surface area contributed by atoms with Crippen LogP contribution in [0.5, 0.6) is 5.75 Å². The topological polar surface area (TPSA) is 9.23 Å². The van der Waals surface area contributed by atoms with Crippen LogP contribution in [-0.2, 0) is 0 Å². The number of benzene rings is 1. The lowest BCUT2D eigenvalue weighted by atomic mass is 10.2. The van der Waals surface area contributed by atoms with Crippen LogP contribution in [0.3, 0.4) is 0 Å². The fraction of sp³-hybridized carbons (Fsp3) is 0.250. The van der Waals surface area contributed by atoms with Crippen molar-refractivity contribution < 1.29 is 9.13 Å². The number of hydrogen-bond donors (Lipinski definition) is 0. The van der Waals surface area contributed by atoms with Crippen LogP contribution in [-0.4, -0.2) is 7.11 Å². The van der Waals surface area contributed by atoms with E-state index in [2.05, 4.69) is 15.9 Å². The molecule has 0 heterocycles. The molecule has 0 unspecified atom stereocenters. The number of halogens is 3. The summed E-state index contributed by atoms with van der Waals surface area (Å²) >= 11 is 8.78. The maximum Gasteiger partial charge on any atom is 0.143 e. The first kappa shape index (κ1) is 9.81. The van der Waals surface area contributed by atoms with Crippen molar-refractivity contribution in [1.29, 1.82) is 0 Å². The van der Waals surface area contributed by atoms with Crippen molar-refractivity contribution in [1.82, 2.24) is 0 Å². The Kier molecular flexibility index (Phi) is 2.96. The molecule has 66 valence electrons. The Morgan fingerprint density at radius 3 is 2.67 bits per heavy atom. The van der Waals surface area contributed by atoms with Gasteiger partial charge in [0.15, 0.2) is 0 Å². The van der Waals surface area contributed by atoms with E-state index in [1.165, 1.54) is 13.2 Å². The fourth-order valence-electron chi connectivity index (χ4n) is 0.947. The Morgan fingerprint density at radius 1 is 1.58 bits per heavy atom. The summed E-state index contributed by atoms with van der Waals surface area (Å²) in [5, 5.41) is 0.0532. The minimum absolute atomic E-state index is 0.0532. The summed E-state index contributed by atoms with van der Waals surface area (Å²) in [6.07, 6.45) is 0. The van der Waals surface area contributed by atoms with Crippen LogP contribution in [0, 0.1) is 12.7 Å². The summed E-state index contributed by atoms with van der Waals surface area (Å²) in [5.74, 6) is 0.128. The second-order valence-electron chi connectivity index (χ2n) is 2.34. The van der Waals surface area contributed by atoms with Crippen molar-refractivity contribution in [3.63, 3.8) is 0 Å². The van der Waals surface area contributed by atoms with E-state index in [9.17, 15) is 4.39 Å². The molecule has 1 aromatic rings. The molecule has 0 spiro atoms. The minimum atomic E-state index is -0.443. The first-order valence-electron chi connectivity index (χ1n) is 3.26. The van der Waals surface area contributed by atoms with Gasteiger partial charge in [-0.15, -0.1) is 0 Å². The molecule has 0 saturated carbocycles. The van der Waals surface area contributed by atoms with Gasteiger partial charge in [-0.1, -0.05) is 11.6 Å². The number of aryl methyl sites for hydroxylation is 1. The van der Waals surface area contributed by atoms with Gasteiger partial charge in [-0.25, -0.2) is 4.39 Å². The van der Waals surface area contributed by atoms with Gasteiger partial charge < -0.3 is 4.74 Å². The molecule has 0 bridgehead atoms. The second-order valence-corrected chi connectivity index (χ2v) is 3.51. The maximum absolute atomic E-state index is 12.9. The standard InChI is InChI=1S/C8H7BrClFO/c1-4-3-5(11)7(10)6(9)8(4)12-2/h3H,1-2H3. The van der Waals surface area contributed by atoms with Crippen molar-refractivity contribution in [2.75, 3.05) is 7.11 Å². The smallest absolute Gasteiger partial charge is 0.143 e. The molecule has 12 heavy (non-hydrogen) atoms. The lowest BCUT2D eigenvalue weighted by molar-refractivity contribution is 0.407. The zero-order valence-corrected chi connectivity index (χ0v) is 8.96. The Labute approximate surface area is 83.6 Å². The van der Waals surface area contributed by atoms with Crippen LogP contribution in [0.25, 0.3) is 0 Å². The average molecular weight is 253 g/mol. The highest BCUT2D eigenvalue weighted by atomic mass is 79.9. The predicted molar refractivity (Wildman–Crippen MR) is 50.4 cm³/mol. The Morgan fingerprint density at radius 2 is 2.17 bits per heavy atom. The third kappa shape index (κ3) is 1.57. The van der Waals surface area contributed by atoms with Crippen LogP contribution in [0.4, 0.5) is 4.39 Å². The lowest BCUT2D eigenvalue weighted by Crippen LogP contribution is -1.91. The lowest BCUT2D eigenvalue weighted by Gasteiger charge is -2.08. The summed E-state index contributed by atoms with van der Waals surface area (Å²) in [6, 6.07) is 1.34. The van der Waals surface area contributed by atoms with Crippen molar-refractivity contribution in [3.05, 3.63) is 26.9 Å². The summed E-state index contributed by atoms with van der Waals surface area (Å²) in [5.41, 5.74) is 0.714. The molecule has 1 aromatic carbocycles. The third-order valence-corrected chi connectivity index (χ3v) is 2.86. The summed E-state index contributed by atoms with van der Waals surface area (Å²) in [4.78, 5) is 0. The van der Waals surface area contributed by atoms with Crippen LogP contribution in [0.1, 0.15) is 5.56 Å². The van der Waals surface area contributed by atoms with Gasteiger partial charge in [-0.2, -0.15) is 0 Å². The molecule has 0 fully saturated rings. The van der Waals surface area contributed by atoms with Gasteiger partial charge in [0.1, 0.15) is 11.6 Å². The van der Waals surface area contributed by atoms with Crippen LogP contribution in [0.15, 0.2) is 10.5 Å². The van der Waals surface area contributed by atoms with E-state index in [1.807, 2.05) is 0 Å². The van der Waals surface area contributed by atoms with Crippen LogP contribution < -0.4 is 4.74 Å². The molecule has 0 aromatic heterocycles. The van der Waals surface area contributed by atoms with Crippen LogP contribution in [0.2, 0.25) is 5.02 Å². The average Bonchev–Trinajstić information content (AvgIpc) is 2.01. The molecule has 4 heteroatoms. The number of hydrogen-bond acceptors (Lipinski definition) is 1. The van der Waals surface area contributed by atoms with E-state index in [0.717, 1.165) is 0 Å². The summed E-state index contributed by atoms with van der Waals surface area (Å²) in [6.45, 7) is 1.75. The predicted octanol–water partition coefficient (Wildman–Crippen LogP) is 3.56. The van der Waals surface area contributed by atoms with E-state index >= 15 is 0 Å². The zero-order valence-electron chi connectivity index (χ0n) is 6.62. The van der Waals surface area contributed by atoms with Crippen molar-refractivity contribution >= 4 is 27.5 Å². The molecular formula is C8H7BrClFO. The first-order valence-corrected chi connectivity index (χ1v) is 4.43. The highest BCUT2D eigenvalue weighted by Crippen LogP contribution is 2.36. The zero-order chi connectivity index (χ0) is 9.30. The molecule has 0 radical (unpaired) electrons. The van der Waals surface area contributed by atoms with Crippen molar-refractivity contribution in [3.8, 4) is 5.75 Å². The summed E-state index contributed by atoms with van der Waals surface area (Å²) in [7, 11) is 1.52. The Bertz CT molecular complexity index is 314. The molecule has 0 N–H and O–H groups in total. The van der Waals surface area contributed by atoms with E-state index in [0.29, 0.717) is 15.8 Å². The van der Waals surface area contributed by atoms with Gasteiger partial charge in [-0.3, -0.25) is 0 Å². The number of ether oxygens (including phenoxy) is 1. The largest absolute Gasteiger partial charge is 0.495 e.